The molecule has 100 valence electrons. The normalized spacial score (nSPS) is 42.4. The smallest absolute Gasteiger partial charge is 0.313 e. The van der Waals surface area contributed by atoms with Crippen LogP contribution >= 0.6 is 0 Å². The Bertz CT molecular complexity index is 413. The summed E-state index contributed by atoms with van der Waals surface area (Å²) < 4.78 is 4.99. The fourth-order valence-electron chi connectivity index (χ4n) is 3.52. The van der Waals surface area contributed by atoms with Crippen LogP contribution in [-0.2, 0) is 19.1 Å². The minimum absolute atomic E-state index is 0.108. The van der Waals surface area contributed by atoms with E-state index in [1.54, 1.807) is 20.8 Å². The third kappa shape index (κ3) is 1.13. The molecule has 2 bridgehead atoms. The van der Waals surface area contributed by atoms with Gasteiger partial charge < -0.3 is 9.84 Å². The van der Waals surface area contributed by atoms with Crippen LogP contribution in [0.4, 0.5) is 0 Å². The van der Waals surface area contributed by atoms with Gasteiger partial charge in [0.15, 0.2) is 0 Å². The highest BCUT2D eigenvalue weighted by Gasteiger charge is 2.78. The molecule has 5 nitrogen and oxygen atoms in total. The maximum Gasteiger partial charge on any atom is 0.313 e. The summed E-state index contributed by atoms with van der Waals surface area (Å²) >= 11 is 0. The molecule has 0 spiro atoms. The van der Waals surface area contributed by atoms with Gasteiger partial charge in [-0.25, -0.2) is 0 Å². The minimum Gasteiger partial charge on any atom is -0.463 e. The van der Waals surface area contributed by atoms with Crippen LogP contribution in [0.3, 0.4) is 0 Å². The second-order valence-electron chi connectivity index (χ2n) is 5.81. The van der Waals surface area contributed by atoms with Gasteiger partial charge >= 0.3 is 5.97 Å². The zero-order valence-electron chi connectivity index (χ0n) is 10.9. The van der Waals surface area contributed by atoms with Crippen LogP contribution in [0, 0.1) is 16.2 Å². The standard InChI is InChI=1S/C13H18O5/c1-11-4-5-12(2,9(16)8(11)15)13(11,3)10(17)18-7-6-14/h14H,4-7H2,1-3H3. The molecule has 0 radical (unpaired) electrons. The second kappa shape index (κ2) is 3.63. The van der Waals surface area contributed by atoms with Crippen molar-refractivity contribution < 1.29 is 24.2 Å². The number of esters is 1. The Morgan fingerprint density at radius 1 is 1.17 bits per heavy atom. The number of fused-ring (bicyclic) bond motifs is 2. The fourth-order valence-corrected chi connectivity index (χ4v) is 3.52. The van der Waals surface area contributed by atoms with Crippen LogP contribution in [0.5, 0.6) is 0 Å². The summed E-state index contributed by atoms with van der Waals surface area (Å²) in [7, 11) is 0. The lowest BCUT2D eigenvalue weighted by molar-refractivity contribution is -0.167. The average molecular weight is 254 g/mol. The molecule has 5 heteroatoms. The molecule has 2 unspecified atom stereocenters. The fraction of sp³-hybridized carbons (Fsp3) is 0.769. The third-order valence-electron chi connectivity index (χ3n) is 5.27. The highest BCUT2D eigenvalue weighted by atomic mass is 16.5. The zero-order chi connectivity index (χ0) is 13.8. The molecule has 0 aromatic rings. The molecule has 1 N–H and O–H groups in total. The van der Waals surface area contributed by atoms with Gasteiger partial charge in [0.1, 0.15) is 6.61 Å². The van der Waals surface area contributed by atoms with Crippen molar-refractivity contribution in [3.63, 3.8) is 0 Å². The molecule has 2 saturated carbocycles. The monoisotopic (exact) mass is 254 g/mol. The molecule has 18 heavy (non-hydrogen) atoms. The highest BCUT2D eigenvalue weighted by molar-refractivity contribution is 6.45. The van der Waals surface area contributed by atoms with Gasteiger partial charge in [0.25, 0.3) is 0 Å². The van der Waals surface area contributed by atoms with Crippen molar-refractivity contribution in [3.8, 4) is 0 Å². The third-order valence-corrected chi connectivity index (χ3v) is 5.27. The summed E-state index contributed by atoms with van der Waals surface area (Å²) in [6, 6.07) is 0. The van der Waals surface area contributed by atoms with Crippen LogP contribution < -0.4 is 0 Å². The Morgan fingerprint density at radius 3 is 2.00 bits per heavy atom. The van der Waals surface area contributed by atoms with Gasteiger partial charge in [0.05, 0.1) is 22.9 Å². The van der Waals surface area contributed by atoms with Gasteiger partial charge in [-0.15, -0.1) is 0 Å². The Labute approximate surface area is 105 Å². The van der Waals surface area contributed by atoms with E-state index in [1.165, 1.54) is 0 Å². The molecule has 0 aromatic heterocycles. The average Bonchev–Trinajstić information content (AvgIpc) is 2.62. The van der Waals surface area contributed by atoms with Gasteiger partial charge in [0, 0.05) is 0 Å². The molecule has 0 heterocycles. The second-order valence-corrected chi connectivity index (χ2v) is 5.81. The molecular formula is C13H18O5. The molecule has 2 rings (SSSR count). The first-order valence-electron chi connectivity index (χ1n) is 6.13. The summed E-state index contributed by atoms with van der Waals surface area (Å²) in [6.45, 7) is 4.61. The number of aliphatic hydroxyl groups is 1. The highest BCUT2D eigenvalue weighted by Crippen LogP contribution is 2.69. The van der Waals surface area contributed by atoms with E-state index in [2.05, 4.69) is 0 Å². The molecule has 2 aliphatic rings. The van der Waals surface area contributed by atoms with Crippen molar-refractivity contribution >= 4 is 17.5 Å². The van der Waals surface area contributed by atoms with Crippen molar-refractivity contribution in [2.75, 3.05) is 13.2 Å². The topological polar surface area (TPSA) is 80.7 Å². The maximum atomic E-state index is 12.3. The molecule has 2 aliphatic carbocycles. The summed E-state index contributed by atoms with van der Waals surface area (Å²) in [5, 5.41) is 8.71. The molecule has 0 aliphatic heterocycles. The van der Waals surface area contributed by atoms with E-state index in [4.69, 9.17) is 9.84 Å². The lowest BCUT2D eigenvalue weighted by atomic mass is 9.64. The van der Waals surface area contributed by atoms with Crippen LogP contribution in [0.2, 0.25) is 0 Å². The summed E-state index contributed by atoms with van der Waals surface area (Å²) in [4.78, 5) is 36.4. The van der Waals surface area contributed by atoms with Crippen LogP contribution in [-0.4, -0.2) is 35.9 Å². The van der Waals surface area contributed by atoms with Gasteiger partial charge in [-0.05, 0) is 19.8 Å². The van der Waals surface area contributed by atoms with Gasteiger partial charge in [-0.2, -0.15) is 0 Å². The lowest BCUT2D eigenvalue weighted by Crippen LogP contribution is -2.46. The number of ketones is 2. The largest absolute Gasteiger partial charge is 0.463 e. The van der Waals surface area contributed by atoms with Crippen molar-refractivity contribution in [2.45, 2.75) is 33.6 Å². The van der Waals surface area contributed by atoms with E-state index in [-0.39, 0.29) is 13.2 Å². The van der Waals surface area contributed by atoms with Crippen LogP contribution in [0.25, 0.3) is 0 Å². The molecule has 2 fully saturated rings. The van der Waals surface area contributed by atoms with E-state index in [0.29, 0.717) is 12.8 Å². The summed E-state index contributed by atoms with van der Waals surface area (Å²) in [6.07, 6.45) is 1.05. The van der Waals surface area contributed by atoms with E-state index in [0.717, 1.165) is 0 Å². The number of hydrogen-bond donors (Lipinski definition) is 1. The summed E-state index contributed by atoms with van der Waals surface area (Å²) in [5.41, 5.74) is -3.06. The number of hydrogen-bond acceptors (Lipinski definition) is 5. The SMILES string of the molecule is CC12CCC(C)(C(=O)C1=O)C2(C)C(=O)OCCO. The summed E-state index contributed by atoms with van der Waals surface area (Å²) in [5.74, 6) is -1.47. The van der Waals surface area contributed by atoms with Crippen molar-refractivity contribution in [3.05, 3.63) is 0 Å². The van der Waals surface area contributed by atoms with Crippen LogP contribution in [0.1, 0.15) is 33.6 Å². The minimum atomic E-state index is -1.12. The molecule has 0 saturated heterocycles. The number of rotatable bonds is 3. The van der Waals surface area contributed by atoms with E-state index in [9.17, 15) is 14.4 Å². The zero-order valence-corrected chi connectivity index (χ0v) is 10.9. The first-order valence-corrected chi connectivity index (χ1v) is 6.13. The maximum absolute atomic E-state index is 12.3. The number of carbonyl (C=O) groups is 3. The predicted octanol–water partition coefficient (Wildman–Crippen LogP) is 0.486. The number of carbonyl (C=O) groups excluding carboxylic acids is 3. The number of aliphatic hydroxyl groups excluding tert-OH is 1. The first kappa shape index (κ1) is 13.2. The van der Waals surface area contributed by atoms with E-state index in [1.807, 2.05) is 0 Å². The number of Topliss-reactive ketones (excluding diaryl/α,β-unsaturated/α-hetero) is 2. The van der Waals surface area contributed by atoms with Crippen molar-refractivity contribution in [1.29, 1.82) is 0 Å². The van der Waals surface area contributed by atoms with E-state index < -0.39 is 33.8 Å². The molecule has 0 aromatic carbocycles. The number of ether oxygens (including phenoxy) is 1. The first-order chi connectivity index (χ1) is 8.25. The molecule has 0 amide bonds. The van der Waals surface area contributed by atoms with Crippen molar-refractivity contribution in [1.82, 2.24) is 0 Å². The van der Waals surface area contributed by atoms with Gasteiger partial charge in [0.2, 0.25) is 11.6 Å². The van der Waals surface area contributed by atoms with Crippen molar-refractivity contribution in [2.24, 2.45) is 16.2 Å². The Balaban J connectivity index is 2.46. The molecule has 2 atom stereocenters. The Hall–Kier alpha value is -1.23. The lowest BCUT2D eigenvalue weighted by Gasteiger charge is -2.36. The van der Waals surface area contributed by atoms with Gasteiger partial charge in [-0.1, -0.05) is 13.8 Å². The predicted molar refractivity (Wildman–Crippen MR) is 61.6 cm³/mol. The Morgan fingerprint density at radius 2 is 1.61 bits per heavy atom. The van der Waals surface area contributed by atoms with Gasteiger partial charge in [-0.3, -0.25) is 14.4 Å². The van der Waals surface area contributed by atoms with E-state index >= 15 is 0 Å². The molecular weight excluding hydrogens is 236 g/mol. The quantitative estimate of drug-likeness (QED) is 0.585. The van der Waals surface area contributed by atoms with Crippen LogP contribution in [0.15, 0.2) is 0 Å². The Kier molecular flexibility index (Phi) is 2.67.